The van der Waals surface area contributed by atoms with Gasteiger partial charge in [-0.05, 0) is 48.0 Å². The van der Waals surface area contributed by atoms with Gasteiger partial charge in [-0.15, -0.1) is 0 Å². The fourth-order valence-electron chi connectivity index (χ4n) is 4.20. The van der Waals surface area contributed by atoms with E-state index in [9.17, 15) is 0 Å². The molecule has 3 aliphatic carbocycles. The first-order chi connectivity index (χ1) is 7.43. The number of rotatable bonds is 1. The first-order valence-corrected chi connectivity index (χ1v) is 6.17. The third-order valence-corrected chi connectivity index (χ3v) is 4.91. The zero-order valence-corrected chi connectivity index (χ0v) is 8.84. The predicted octanol–water partition coefficient (Wildman–Crippen LogP) is 3.61. The molecule has 1 aromatic rings. The van der Waals surface area contributed by atoms with Gasteiger partial charge in [0.25, 0.3) is 0 Å². The number of benzene rings is 1. The summed E-state index contributed by atoms with van der Waals surface area (Å²) in [5, 5.41) is 0. The molecular weight excluding hydrogens is 180 g/mol. The smallest absolute Gasteiger partial charge is 0.0122 e. The summed E-state index contributed by atoms with van der Waals surface area (Å²) in [6.07, 6.45) is 7.87. The van der Waals surface area contributed by atoms with Gasteiger partial charge in [-0.3, -0.25) is 0 Å². The van der Waals surface area contributed by atoms with Crippen LogP contribution in [0.3, 0.4) is 0 Å². The van der Waals surface area contributed by atoms with Crippen molar-refractivity contribution in [2.24, 2.45) is 23.7 Å². The van der Waals surface area contributed by atoms with Crippen molar-refractivity contribution in [3.05, 3.63) is 48.0 Å². The van der Waals surface area contributed by atoms with Crippen LogP contribution in [-0.4, -0.2) is 0 Å². The van der Waals surface area contributed by atoms with Crippen molar-refractivity contribution < 1.29 is 0 Å². The van der Waals surface area contributed by atoms with Crippen LogP contribution in [0.2, 0.25) is 0 Å². The number of hydrogen-bond donors (Lipinski definition) is 0. The Balaban J connectivity index is 1.66. The summed E-state index contributed by atoms with van der Waals surface area (Å²) in [6, 6.07) is 11.1. The van der Waals surface area contributed by atoms with Crippen LogP contribution < -0.4 is 0 Å². The first kappa shape index (κ1) is 8.15. The van der Waals surface area contributed by atoms with Gasteiger partial charge in [0, 0.05) is 0 Å². The molecule has 76 valence electrons. The highest BCUT2D eigenvalue weighted by Gasteiger charge is 2.55. The molecule has 0 saturated heterocycles. The highest BCUT2D eigenvalue weighted by Crippen LogP contribution is 2.63. The monoisotopic (exact) mass is 196 g/mol. The minimum Gasteiger partial charge on any atom is -0.0848 e. The SMILES string of the molecule is C1=C[C@H]2C[C@@H]1[C@H]1[C@@H]2C[C@@H]1c1ccccc1. The van der Waals surface area contributed by atoms with Gasteiger partial charge in [0.2, 0.25) is 0 Å². The lowest BCUT2D eigenvalue weighted by molar-refractivity contribution is 0.119. The second kappa shape index (κ2) is 2.75. The molecule has 2 bridgehead atoms. The second-order valence-electron chi connectivity index (χ2n) is 5.44. The molecule has 0 nitrogen and oxygen atoms in total. The first-order valence-electron chi connectivity index (χ1n) is 6.17. The van der Waals surface area contributed by atoms with Crippen molar-refractivity contribution in [3.8, 4) is 0 Å². The molecule has 0 spiro atoms. The van der Waals surface area contributed by atoms with Gasteiger partial charge in [-0.2, -0.15) is 0 Å². The Morgan fingerprint density at radius 1 is 0.867 bits per heavy atom. The van der Waals surface area contributed by atoms with Gasteiger partial charge in [0.1, 0.15) is 0 Å². The zero-order chi connectivity index (χ0) is 9.83. The molecule has 15 heavy (non-hydrogen) atoms. The van der Waals surface area contributed by atoms with Gasteiger partial charge >= 0.3 is 0 Å². The van der Waals surface area contributed by atoms with Crippen LogP contribution in [0, 0.1) is 23.7 Å². The summed E-state index contributed by atoms with van der Waals surface area (Å²) in [7, 11) is 0. The highest BCUT2D eigenvalue weighted by atomic mass is 14.6. The fraction of sp³-hybridized carbons (Fsp3) is 0.467. The predicted molar refractivity (Wildman–Crippen MR) is 61.5 cm³/mol. The highest BCUT2D eigenvalue weighted by molar-refractivity contribution is 5.29. The van der Waals surface area contributed by atoms with Gasteiger partial charge in [-0.25, -0.2) is 0 Å². The van der Waals surface area contributed by atoms with Crippen molar-refractivity contribution in [2.45, 2.75) is 18.8 Å². The molecular formula is C15H16. The zero-order valence-electron chi connectivity index (χ0n) is 8.84. The van der Waals surface area contributed by atoms with Crippen molar-refractivity contribution in [1.82, 2.24) is 0 Å². The van der Waals surface area contributed by atoms with Gasteiger partial charge in [0.05, 0.1) is 0 Å². The molecule has 0 aromatic heterocycles. The van der Waals surface area contributed by atoms with Crippen LogP contribution in [0.25, 0.3) is 0 Å². The Bertz CT molecular complexity index is 403. The molecule has 2 fully saturated rings. The quantitative estimate of drug-likeness (QED) is 0.602. The lowest BCUT2D eigenvalue weighted by Gasteiger charge is -2.46. The Morgan fingerprint density at radius 3 is 2.47 bits per heavy atom. The lowest BCUT2D eigenvalue weighted by atomic mass is 9.58. The molecule has 0 unspecified atom stereocenters. The van der Waals surface area contributed by atoms with Crippen molar-refractivity contribution in [1.29, 1.82) is 0 Å². The topological polar surface area (TPSA) is 0 Å². The molecule has 5 atom stereocenters. The molecule has 0 amide bonds. The van der Waals surface area contributed by atoms with Crippen LogP contribution >= 0.6 is 0 Å². The van der Waals surface area contributed by atoms with E-state index in [1.807, 2.05) is 0 Å². The van der Waals surface area contributed by atoms with E-state index in [2.05, 4.69) is 42.5 Å². The van der Waals surface area contributed by atoms with Crippen LogP contribution in [-0.2, 0) is 0 Å². The molecule has 4 rings (SSSR count). The normalized spacial score (nSPS) is 45.2. The van der Waals surface area contributed by atoms with Gasteiger partial charge < -0.3 is 0 Å². The fourth-order valence-corrected chi connectivity index (χ4v) is 4.20. The van der Waals surface area contributed by atoms with E-state index >= 15 is 0 Å². The van der Waals surface area contributed by atoms with E-state index < -0.39 is 0 Å². The maximum absolute atomic E-state index is 2.49. The Kier molecular flexibility index (Phi) is 1.49. The molecule has 0 radical (unpaired) electrons. The standard InChI is InChI=1S/C15H16/c1-2-4-10(5-3-1)13-9-14-11-6-7-12(8-11)15(13)14/h1-7,11-15H,8-9H2/t11-,12+,13+,14+,15+/m0/s1. The van der Waals surface area contributed by atoms with E-state index in [1.54, 1.807) is 5.56 Å². The number of fused-ring (bicyclic) bond motifs is 5. The molecule has 0 aliphatic heterocycles. The largest absolute Gasteiger partial charge is 0.0848 e. The van der Waals surface area contributed by atoms with Crippen LogP contribution in [0.5, 0.6) is 0 Å². The summed E-state index contributed by atoms with van der Waals surface area (Å²) in [6.45, 7) is 0. The summed E-state index contributed by atoms with van der Waals surface area (Å²) in [5.41, 5.74) is 1.58. The number of allylic oxidation sites excluding steroid dienone is 2. The lowest BCUT2D eigenvalue weighted by Crippen LogP contribution is -2.37. The van der Waals surface area contributed by atoms with Gasteiger partial charge in [0.15, 0.2) is 0 Å². The molecule has 0 heterocycles. The van der Waals surface area contributed by atoms with Crippen molar-refractivity contribution >= 4 is 0 Å². The third kappa shape index (κ3) is 0.975. The van der Waals surface area contributed by atoms with Crippen LogP contribution in [0.4, 0.5) is 0 Å². The minimum atomic E-state index is 0.871. The molecule has 3 aliphatic rings. The maximum atomic E-state index is 2.49. The summed E-state index contributed by atoms with van der Waals surface area (Å²) in [5.74, 6) is 4.75. The molecule has 0 heteroatoms. The van der Waals surface area contributed by atoms with E-state index in [0.29, 0.717) is 0 Å². The average molecular weight is 196 g/mol. The number of hydrogen-bond acceptors (Lipinski definition) is 0. The average Bonchev–Trinajstić information content (AvgIpc) is 2.75. The molecule has 2 saturated carbocycles. The second-order valence-corrected chi connectivity index (χ2v) is 5.44. The van der Waals surface area contributed by atoms with E-state index in [1.165, 1.54) is 12.8 Å². The van der Waals surface area contributed by atoms with Crippen molar-refractivity contribution in [2.75, 3.05) is 0 Å². The Morgan fingerprint density at radius 2 is 1.67 bits per heavy atom. The summed E-state index contributed by atoms with van der Waals surface area (Å²) in [4.78, 5) is 0. The summed E-state index contributed by atoms with van der Waals surface area (Å²) < 4.78 is 0. The Labute approximate surface area is 91.0 Å². The van der Waals surface area contributed by atoms with E-state index in [0.717, 1.165) is 29.6 Å². The Hall–Kier alpha value is -1.04. The van der Waals surface area contributed by atoms with Crippen molar-refractivity contribution in [3.63, 3.8) is 0 Å². The third-order valence-electron chi connectivity index (χ3n) is 4.91. The van der Waals surface area contributed by atoms with Crippen LogP contribution in [0.1, 0.15) is 24.3 Å². The van der Waals surface area contributed by atoms with E-state index in [4.69, 9.17) is 0 Å². The van der Waals surface area contributed by atoms with E-state index in [-0.39, 0.29) is 0 Å². The van der Waals surface area contributed by atoms with Crippen LogP contribution in [0.15, 0.2) is 42.5 Å². The van der Waals surface area contributed by atoms with Gasteiger partial charge in [-0.1, -0.05) is 42.5 Å². The minimum absolute atomic E-state index is 0.871. The molecule has 1 aromatic carbocycles. The molecule has 0 N–H and O–H groups in total. The maximum Gasteiger partial charge on any atom is -0.0122 e. The summed E-state index contributed by atoms with van der Waals surface area (Å²) >= 11 is 0.